The molecule has 0 unspecified atom stereocenters. The van der Waals surface area contributed by atoms with E-state index in [9.17, 15) is 9.59 Å². The first kappa shape index (κ1) is 12.6. The molecule has 1 N–H and O–H groups in total. The lowest BCUT2D eigenvalue weighted by molar-refractivity contribution is 0.102. The van der Waals surface area contributed by atoms with Gasteiger partial charge in [0.2, 0.25) is 0 Å². The third-order valence-electron chi connectivity index (χ3n) is 2.49. The maximum Gasteiger partial charge on any atom is 0.255 e. The summed E-state index contributed by atoms with van der Waals surface area (Å²) in [6.07, 6.45) is 1.57. The van der Waals surface area contributed by atoms with Crippen LogP contribution in [0.25, 0.3) is 0 Å². The Morgan fingerprint density at radius 3 is 2.67 bits per heavy atom. The van der Waals surface area contributed by atoms with Crippen molar-refractivity contribution in [1.29, 1.82) is 0 Å². The Labute approximate surface area is 112 Å². The molecule has 1 amide bonds. The Morgan fingerprint density at radius 2 is 2.00 bits per heavy atom. The van der Waals surface area contributed by atoms with Gasteiger partial charge in [-0.05, 0) is 34.1 Å². The number of nitrogens with zero attached hydrogens (tertiary/aromatic N) is 1. The summed E-state index contributed by atoms with van der Waals surface area (Å²) in [6.45, 7) is 0. The molecule has 0 aliphatic rings. The maximum absolute atomic E-state index is 11.9. The fourth-order valence-corrected chi connectivity index (χ4v) is 1.83. The number of anilines is 1. The first-order chi connectivity index (χ1) is 8.58. The number of para-hydroxylation sites is 1. The second kappa shape index (κ2) is 5.18. The molecule has 2 aromatic rings. The van der Waals surface area contributed by atoms with Gasteiger partial charge in [0, 0.05) is 29.3 Å². The van der Waals surface area contributed by atoms with Gasteiger partial charge < -0.3 is 9.88 Å². The molecule has 4 nitrogen and oxygen atoms in total. The summed E-state index contributed by atoms with van der Waals surface area (Å²) in [5.41, 5.74) is 0.798. The number of carbonyl (C=O) groups is 1. The van der Waals surface area contributed by atoms with Crippen molar-refractivity contribution < 1.29 is 4.79 Å². The highest BCUT2D eigenvalue weighted by atomic mass is 79.9. The Kier molecular flexibility index (Phi) is 3.62. The smallest absolute Gasteiger partial charge is 0.255 e. The molecular formula is C13H11BrN2O2. The number of hydrogen-bond donors (Lipinski definition) is 1. The summed E-state index contributed by atoms with van der Waals surface area (Å²) in [7, 11) is 1.64. The summed E-state index contributed by atoms with van der Waals surface area (Å²) in [5, 5.41) is 2.74. The van der Waals surface area contributed by atoms with E-state index in [1.807, 2.05) is 18.2 Å². The second-order valence-corrected chi connectivity index (χ2v) is 4.65. The largest absolute Gasteiger partial charge is 0.321 e. The standard InChI is InChI=1S/C13H11BrN2O2/c1-16-7-6-9(8-12(16)17)13(18)15-11-5-3-2-4-10(11)14/h2-8H,1H3,(H,15,18). The molecule has 0 radical (unpaired) electrons. The number of rotatable bonds is 2. The summed E-state index contributed by atoms with van der Waals surface area (Å²) in [5.74, 6) is -0.306. The van der Waals surface area contributed by atoms with Gasteiger partial charge in [0.25, 0.3) is 11.5 Å². The van der Waals surface area contributed by atoms with Crippen molar-refractivity contribution >= 4 is 27.5 Å². The fraction of sp³-hybridized carbons (Fsp3) is 0.0769. The molecule has 2 rings (SSSR count). The molecule has 0 aliphatic heterocycles. The number of carbonyl (C=O) groups excluding carboxylic acids is 1. The zero-order chi connectivity index (χ0) is 13.1. The van der Waals surface area contributed by atoms with E-state index in [0.29, 0.717) is 11.3 Å². The number of aryl methyl sites for hydroxylation is 1. The summed E-state index contributed by atoms with van der Waals surface area (Å²) in [4.78, 5) is 23.4. The third-order valence-corrected chi connectivity index (χ3v) is 3.18. The highest BCUT2D eigenvalue weighted by molar-refractivity contribution is 9.10. The number of benzene rings is 1. The predicted octanol–water partition coefficient (Wildman–Crippen LogP) is 2.40. The van der Waals surface area contributed by atoms with Crippen LogP contribution in [-0.4, -0.2) is 10.5 Å². The van der Waals surface area contributed by atoms with E-state index >= 15 is 0 Å². The van der Waals surface area contributed by atoms with Crippen molar-refractivity contribution in [1.82, 2.24) is 4.57 Å². The number of hydrogen-bond acceptors (Lipinski definition) is 2. The lowest BCUT2D eigenvalue weighted by Crippen LogP contribution is -2.20. The molecule has 5 heteroatoms. The minimum atomic E-state index is -0.306. The zero-order valence-corrected chi connectivity index (χ0v) is 11.3. The van der Waals surface area contributed by atoms with Gasteiger partial charge in [0.1, 0.15) is 0 Å². The summed E-state index contributed by atoms with van der Waals surface area (Å²) >= 11 is 3.34. The van der Waals surface area contributed by atoms with Crippen LogP contribution in [0, 0.1) is 0 Å². The van der Waals surface area contributed by atoms with Crippen molar-refractivity contribution in [3.05, 3.63) is 63.0 Å². The van der Waals surface area contributed by atoms with Crippen LogP contribution in [0.15, 0.2) is 51.9 Å². The summed E-state index contributed by atoms with van der Waals surface area (Å²) < 4.78 is 2.21. The monoisotopic (exact) mass is 306 g/mol. The average molecular weight is 307 g/mol. The van der Waals surface area contributed by atoms with Crippen molar-refractivity contribution in [2.45, 2.75) is 0 Å². The van der Waals surface area contributed by atoms with Gasteiger partial charge in [-0.25, -0.2) is 0 Å². The average Bonchev–Trinajstić information content (AvgIpc) is 2.35. The Morgan fingerprint density at radius 1 is 1.28 bits per heavy atom. The molecule has 18 heavy (non-hydrogen) atoms. The van der Waals surface area contributed by atoms with Gasteiger partial charge in [-0.15, -0.1) is 0 Å². The number of amides is 1. The van der Waals surface area contributed by atoms with Crippen LogP contribution in [0.4, 0.5) is 5.69 Å². The van der Waals surface area contributed by atoms with Gasteiger partial charge in [-0.1, -0.05) is 12.1 Å². The minimum Gasteiger partial charge on any atom is -0.321 e. The molecule has 0 atom stereocenters. The van der Waals surface area contributed by atoms with Gasteiger partial charge >= 0.3 is 0 Å². The van der Waals surface area contributed by atoms with Crippen LogP contribution in [0.1, 0.15) is 10.4 Å². The van der Waals surface area contributed by atoms with Gasteiger partial charge in [0.15, 0.2) is 0 Å². The van der Waals surface area contributed by atoms with Gasteiger partial charge in [-0.3, -0.25) is 9.59 Å². The highest BCUT2D eigenvalue weighted by Gasteiger charge is 2.08. The van der Waals surface area contributed by atoms with E-state index in [2.05, 4.69) is 21.2 Å². The number of aromatic nitrogens is 1. The van der Waals surface area contributed by atoms with E-state index in [-0.39, 0.29) is 11.5 Å². The number of pyridine rings is 1. The van der Waals surface area contributed by atoms with Crippen molar-refractivity contribution in [2.75, 3.05) is 5.32 Å². The molecule has 0 fully saturated rings. The minimum absolute atomic E-state index is 0.213. The lowest BCUT2D eigenvalue weighted by atomic mass is 10.2. The van der Waals surface area contributed by atoms with E-state index < -0.39 is 0 Å². The van der Waals surface area contributed by atoms with E-state index in [4.69, 9.17) is 0 Å². The molecular weight excluding hydrogens is 296 g/mol. The maximum atomic E-state index is 11.9. The van der Waals surface area contributed by atoms with Crippen LogP contribution >= 0.6 is 15.9 Å². The first-order valence-corrected chi connectivity index (χ1v) is 6.10. The van der Waals surface area contributed by atoms with E-state index in [1.165, 1.54) is 10.6 Å². The van der Waals surface area contributed by atoms with Crippen LogP contribution < -0.4 is 10.9 Å². The molecule has 0 saturated carbocycles. The highest BCUT2D eigenvalue weighted by Crippen LogP contribution is 2.21. The van der Waals surface area contributed by atoms with Crippen LogP contribution in [0.2, 0.25) is 0 Å². The van der Waals surface area contributed by atoms with Crippen LogP contribution in [0.5, 0.6) is 0 Å². The van der Waals surface area contributed by atoms with Crippen molar-refractivity contribution in [2.24, 2.45) is 7.05 Å². The number of nitrogens with one attached hydrogen (secondary N) is 1. The Hall–Kier alpha value is -1.88. The molecule has 0 spiro atoms. The normalized spacial score (nSPS) is 10.1. The van der Waals surface area contributed by atoms with Crippen LogP contribution in [-0.2, 0) is 7.05 Å². The quantitative estimate of drug-likeness (QED) is 0.926. The SMILES string of the molecule is Cn1ccc(C(=O)Nc2ccccc2Br)cc1=O. The molecule has 92 valence electrons. The Bertz CT molecular complexity index is 649. The molecule has 1 heterocycles. The Balaban J connectivity index is 2.25. The molecule has 1 aromatic heterocycles. The third kappa shape index (κ3) is 2.68. The fourth-order valence-electron chi connectivity index (χ4n) is 1.45. The molecule has 1 aromatic carbocycles. The zero-order valence-electron chi connectivity index (χ0n) is 9.68. The lowest BCUT2D eigenvalue weighted by Gasteiger charge is -2.07. The number of halogens is 1. The van der Waals surface area contributed by atoms with Crippen molar-refractivity contribution in [3.8, 4) is 0 Å². The first-order valence-electron chi connectivity index (χ1n) is 5.30. The summed E-state index contributed by atoms with van der Waals surface area (Å²) in [6, 6.07) is 10.2. The van der Waals surface area contributed by atoms with E-state index in [0.717, 1.165) is 4.47 Å². The molecule has 0 saturated heterocycles. The van der Waals surface area contributed by atoms with Gasteiger partial charge in [0.05, 0.1) is 5.69 Å². The topological polar surface area (TPSA) is 51.1 Å². The van der Waals surface area contributed by atoms with Crippen LogP contribution in [0.3, 0.4) is 0 Å². The second-order valence-electron chi connectivity index (χ2n) is 3.80. The molecule has 0 aliphatic carbocycles. The van der Waals surface area contributed by atoms with Crippen molar-refractivity contribution in [3.63, 3.8) is 0 Å². The molecule has 0 bridgehead atoms. The predicted molar refractivity (Wildman–Crippen MR) is 73.8 cm³/mol. The van der Waals surface area contributed by atoms with E-state index in [1.54, 1.807) is 25.4 Å². The van der Waals surface area contributed by atoms with Gasteiger partial charge in [-0.2, -0.15) is 0 Å².